The second kappa shape index (κ2) is 11.0. The number of hydrogen-bond acceptors (Lipinski definition) is 8. The van der Waals surface area contributed by atoms with E-state index in [4.69, 9.17) is 9.47 Å². The van der Waals surface area contributed by atoms with Gasteiger partial charge in [-0.2, -0.15) is 0 Å². The number of aliphatic hydroxyl groups excluding tert-OH is 1. The second-order valence-corrected chi connectivity index (χ2v) is 9.32. The molecule has 1 atom stereocenters. The molecule has 0 bridgehead atoms. The number of aromatic nitrogens is 2. The van der Waals surface area contributed by atoms with E-state index in [1.54, 1.807) is 25.3 Å². The summed E-state index contributed by atoms with van der Waals surface area (Å²) in [6, 6.07) is 8.73. The standard InChI is InChI=1S/C24H28BrN5O5/c1-3-17(31)8-9-26-24(33)35-22-7-6-21(27-28-22)29-11-15-13-30(14-16(15)12-29)23(32)19-10-18(34-2)4-5-20(19)25/h4-7,10,17,31H,3,8-9,11-14H2,1-2H3,(H,26,33). The van der Waals surface area contributed by atoms with Gasteiger partial charge in [-0.1, -0.05) is 6.92 Å². The zero-order valence-electron chi connectivity index (χ0n) is 19.7. The Morgan fingerprint density at radius 3 is 2.51 bits per heavy atom. The highest BCUT2D eigenvalue weighted by Crippen LogP contribution is 2.31. The molecule has 35 heavy (non-hydrogen) atoms. The number of anilines is 1. The second-order valence-electron chi connectivity index (χ2n) is 8.47. The third-order valence-corrected chi connectivity index (χ3v) is 6.77. The van der Waals surface area contributed by atoms with Crippen LogP contribution in [0, 0.1) is 0 Å². The molecule has 2 aromatic rings. The van der Waals surface area contributed by atoms with Gasteiger partial charge in [0.05, 0.1) is 18.8 Å². The van der Waals surface area contributed by atoms with E-state index in [0.717, 1.165) is 4.47 Å². The Kier molecular flexibility index (Phi) is 7.86. The first kappa shape index (κ1) is 24.9. The highest BCUT2D eigenvalue weighted by molar-refractivity contribution is 9.10. The molecule has 2 amide bonds. The van der Waals surface area contributed by atoms with E-state index in [0.29, 0.717) is 62.7 Å². The summed E-state index contributed by atoms with van der Waals surface area (Å²) in [7, 11) is 1.58. The van der Waals surface area contributed by atoms with Gasteiger partial charge >= 0.3 is 6.09 Å². The van der Waals surface area contributed by atoms with Gasteiger partial charge in [0.25, 0.3) is 5.91 Å². The molecule has 1 unspecified atom stereocenters. The summed E-state index contributed by atoms with van der Waals surface area (Å²) in [5, 5.41) is 20.3. The van der Waals surface area contributed by atoms with Crippen molar-refractivity contribution in [2.45, 2.75) is 25.9 Å². The zero-order valence-corrected chi connectivity index (χ0v) is 21.2. The van der Waals surface area contributed by atoms with Crippen molar-refractivity contribution in [3.05, 3.63) is 51.5 Å². The van der Waals surface area contributed by atoms with Crippen LogP contribution in [0.1, 0.15) is 30.1 Å². The van der Waals surface area contributed by atoms with Crippen molar-refractivity contribution < 1.29 is 24.2 Å². The average Bonchev–Trinajstić information content (AvgIpc) is 3.44. The lowest BCUT2D eigenvalue weighted by Crippen LogP contribution is -2.34. The monoisotopic (exact) mass is 545 g/mol. The summed E-state index contributed by atoms with van der Waals surface area (Å²) < 4.78 is 11.1. The van der Waals surface area contributed by atoms with E-state index < -0.39 is 12.2 Å². The minimum atomic E-state index is -0.635. The van der Waals surface area contributed by atoms with E-state index in [2.05, 4.69) is 36.3 Å². The SMILES string of the molecule is CCC(O)CCNC(=O)Oc1ccc(N2CC3=C(CN(C(=O)c4cc(OC)ccc4Br)C3)C2)nn1. The van der Waals surface area contributed by atoms with Crippen LogP contribution in [0.4, 0.5) is 10.6 Å². The van der Waals surface area contributed by atoms with Crippen LogP contribution >= 0.6 is 15.9 Å². The highest BCUT2D eigenvalue weighted by atomic mass is 79.9. The van der Waals surface area contributed by atoms with Gasteiger partial charge in [0.1, 0.15) is 5.75 Å². The molecule has 0 saturated heterocycles. The first-order valence-corrected chi connectivity index (χ1v) is 12.2. The molecule has 186 valence electrons. The van der Waals surface area contributed by atoms with Crippen LogP contribution in [-0.4, -0.2) is 78.1 Å². The van der Waals surface area contributed by atoms with Crippen LogP contribution in [0.15, 0.2) is 46.0 Å². The third-order valence-electron chi connectivity index (χ3n) is 6.08. The maximum Gasteiger partial charge on any atom is 0.413 e. The van der Waals surface area contributed by atoms with Gasteiger partial charge in [-0.05, 0) is 64.2 Å². The fraction of sp³-hybridized carbons (Fsp3) is 0.417. The maximum absolute atomic E-state index is 13.1. The quantitative estimate of drug-likeness (QED) is 0.486. The fourth-order valence-electron chi connectivity index (χ4n) is 4.06. The Bertz CT molecular complexity index is 1110. The molecule has 4 rings (SSSR count). The van der Waals surface area contributed by atoms with Crippen molar-refractivity contribution in [3.63, 3.8) is 0 Å². The van der Waals surface area contributed by atoms with Gasteiger partial charge in [0, 0.05) is 43.3 Å². The van der Waals surface area contributed by atoms with Crippen molar-refractivity contribution >= 4 is 33.7 Å². The van der Waals surface area contributed by atoms with Crippen molar-refractivity contribution in [1.29, 1.82) is 0 Å². The van der Waals surface area contributed by atoms with Crippen molar-refractivity contribution in [3.8, 4) is 11.6 Å². The molecule has 2 N–H and O–H groups in total. The molecule has 1 aromatic carbocycles. The largest absolute Gasteiger partial charge is 0.497 e. The first-order valence-electron chi connectivity index (χ1n) is 11.4. The van der Waals surface area contributed by atoms with Gasteiger partial charge < -0.3 is 29.7 Å². The number of methoxy groups -OCH3 is 1. The third kappa shape index (κ3) is 5.91. The van der Waals surface area contributed by atoms with Crippen LogP contribution < -0.4 is 19.7 Å². The molecule has 0 saturated carbocycles. The molecular formula is C24H28BrN5O5. The molecule has 0 spiro atoms. The number of carbonyl (C=O) groups is 2. The number of amides is 2. The molecule has 2 aliphatic heterocycles. The molecule has 1 aromatic heterocycles. The lowest BCUT2D eigenvalue weighted by atomic mass is 10.2. The number of aliphatic hydroxyl groups is 1. The smallest absolute Gasteiger partial charge is 0.413 e. The minimum Gasteiger partial charge on any atom is -0.497 e. The van der Waals surface area contributed by atoms with Crippen molar-refractivity contribution in [2.24, 2.45) is 0 Å². The van der Waals surface area contributed by atoms with Crippen LogP contribution in [-0.2, 0) is 0 Å². The van der Waals surface area contributed by atoms with Crippen molar-refractivity contribution in [2.75, 3.05) is 44.7 Å². The molecule has 2 aliphatic rings. The number of carbonyl (C=O) groups excluding carboxylic acids is 2. The van der Waals surface area contributed by atoms with Crippen LogP contribution in [0.3, 0.4) is 0 Å². The normalized spacial score (nSPS) is 15.8. The summed E-state index contributed by atoms with van der Waals surface area (Å²) >= 11 is 3.46. The summed E-state index contributed by atoms with van der Waals surface area (Å²) in [5.74, 6) is 1.37. The predicted octanol–water partition coefficient (Wildman–Crippen LogP) is 2.77. The maximum atomic E-state index is 13.1. The Hall–Kier alpha value is -3.18. The molecule has 0 fully saturated rings. The number of hydrogen-bond donors (Lipinski definition) is 2. The van der Waals surface area contributed by atoms with Gasteiger partial charge in [-0.3, -0.25) is 4.79 Å². The summed E-state index contributed by atoms with van der Waals surface area (Å²) in [6.45, 7) is 4.65. The zero-order chi connectivity index (χ0) is 24.9. The number of nitrogens with zero attached hydrogens (tertiary/aromatic N) is 4. The average molecular weight is 546 g/mol. The Morgan fingerprint density at radius 2 is 1.89 bits per heavy atom. The number of halogens is 1. The Labute approximate surface area is 212 Å². The van der Waals surface area contributed by atoms with Crippen LogP contribution in [0.2, 0.25) is 0 Å². The summed E-state index contributed by atoms with van der Waals surface area (Å²) in [4.78, 5) is 28.9. The van der Waals surface area contributed by atoms with E-state index in [1.165, 1.54) is 11.1 Å². The number of benzene rings is 1. The summed E-state index contributed by atoms with van der Waals surface area (Å²) in [6.07, 6.45) is 0.0128. The first-order chi connectivity index (χ1) is 16.9. The Morgan fingerprint density at radius 1 is 1.14 bits per heavy atom. The minimum absolute atomic E-state index is 0.0412. The van der Waals surface area contributed by atoms with Crippen LogP contribution in [0.5, 0.6) is 11.6 Å². The summed E-state index contributed by atoms with van der Waals surface area (Å²) in [5.41, 5.74) is 2.98. The fourth-order valence-corrected chi connectivity index (χ4v) is 4.48. The number of ether oxygens (including phenoxy) is 2. The van der Waals surface area contributed by atoms with Gasteiger partial charge in [0.15, 0.2) is 5.82 Å². The lowest BCUT2D eigenvalue weighted by Gasteiger charge is -2.24. The van der Waals surface area contributed by atoms with E-state index >= 15 is 0 Å². The highest BCUT2D eigenvalue weighted by Gasteiger charge is 2.33. The van der Waals surface area contributed by atoms with E-state index in [-0.39, 0.29) is 11.8 Å². The molecular weight excluding hydrogens is 518 g/mol. The molecule has 3 heterocycles. The topological polar surface area (TPSA) is 117 Å². The molecule has 10 nitrogen and oxygen atoms in total. The van der Waals surface area contributed by atoms with E-state index in [9.17, 15) is 14.7 Å². The number of nitrogens with one attached hydrogen (secondary N) is 1. The Balaban J connectivity index is 1.28. The predicted molar refractivity (Wildman–Crippen MR) is 133 cm³/mol. The lowest BCUT2D eigenvalue weighted by molar-refractivity contribution is 0.0793. The molecule has 11 heteroatoms. The van der Waals surface area contributed by atoms with Crippen LogP contribution in [0.25, 0.3) is 0 Å². The van der Waals surface area contributed by atoms with E-state index in [1.807, 2.05) is 24.0 Å². The van der Waals surface area contributed by atoms with Gasteiger partial charge in [0.2, 0.25) is 5.88 Å². The van der Waals surface area contributed by atoms with Gasteiger partial charge in [-0.15, -0.1) is 10.2 Å². The number of rotatable bonds is 8. The van der Waals surface area contributed by atoms with Crippen molar-refractivity contribution in [1.82, 2.24) is 20.4 Å². The molecule has 0 aliphatic carbocycles. The molecule has 0 radical (unpaired) electrons. The van der Waals surface area contributed by atoms with Gasteiger partial charge in [-0.25, -0.2) is 4.79 Å².